The molecule has 3 aromatic rings. The number of halogens is 2. The van der Waals surface area contributed by atoms with Gasteiger partial charge in [-0.25, -0.2) is 8.78 Å². The van der Waals surface area contributed by atoms with Crippen LogP contribution >= 0.6 is 0 Å². The highest BCUT2D eigenvalue weighted by molar-refractivity contribution is 5.54. The monoisotopic (exact) mass is 342 g/mol. The van der Waals surface area contributed by atoms with Gasteiger partial charge in [0.15, 0.2) is 0 Å². The summed E-state index contributed by atoms with van der Waals surface area (Å²) in [7, 11) is 0. The number of hydrogen-bond acceptors (Lipinski definition) is 4. The van der Waals surface area contributed by atoms with E-state index in [0.717, 1.165) is 5.56 Å². The SMILES string of the molecule is Fc1ccc(C2(c3nc(-c4cccc(F)c4)no3)CCOCC2)cc1. The van der Waals surface area contributed by atoms with Gasteiger partial charge in [0.25, 0.3) is 0 Å². The zero-order valence-electron chi connectivity index (χ0n) is 13.4. The van der Waals surface area contributed by atoms with Crippen LogP contribution in [0.3, 0.4) is 0 Å². The molecule has 1 aliphatic heterocycles. The molecule has 2 heterocycles. The second-order valence-corrected chi connectivity index (χ2v) is 6.13. The van der Waals surface area contributed by atoms with Crippen LogP contribution in [0.2, 0.25) is 0 Å². The van der Waals surface area contributed by atoms with Crippen LogP contribution in [0.1, 0.15) is 24.3 Å². The Hall–Kier alpha value is -2.60. The third kappa shape index (κ3) is 2.93. The van der Waals surface area contributed by atoms with Crippen molar-refractivity contribution in [3.63, 3.8) is 0 Å². The zero-order valence-corrected chi connectivity index (χ0v) is 13.4. The van der Waals surface area contributed by atoms with E-state index < -0.39 is 5.41 Å². The van der Waals surface area contributed by atoms with Crippen LogP contribution in [0.25, 0.3) is 11.4 Å². The van der Waals surface area contributed by atoms with Gasteiger partial charge in [-0.3, -0.25) is 0 Å². The molecule has 2 aromatic carbocycles. The van der Waals surface area contributed by atoms with Crippen molar-refractivity contribution in [2.24, 2.45) is 0 Å². The lowest BCUT2D eigenvalue weighted by atomic mass is 9.74. The Morgan fingerprint density at radius 1 is 0.920 bits per heavy atom. The van der Waals surface area contributed by atoms with Gasteiger partial charge in [0.05, 0.1) is 5.41 Å². The third-order valence-corrected chi connectivity index (χ3v) is 4.66. The minimum atomic E-state index is -0.523. The lowest BCUT2D eigenvalue weighted by Crippen LogP contribution is -2.35. The topological polar surface area (TPSA) is 48.2 Å². The van der Waals surface area contributed by atoms with Crippen molar-refractivity contribution in [2.75, 3.05) is 13.2 Å². The van der Waals surface area contributed by atoms with Crippen LogP contribution in [-0.4, -0.2) is 23.4 Å². The number of rotatable bonds is 3. The Labute approximate surface area is 143 Å². The maximum atomic E-state index is 13.5. The molecule has 0 N–H and O–H groups in total. The molecule has 6 heteroatoms. The number of benzene rings is 2. The summed E-state index contributed by atoms with van der Waals surface area (Å²) in [6.45, 7) is 1.10. The molecule has 1 saturated heterocycles. The Morgan fingerprint density at radius 2 is 1.68 bits per heavy atom. The van der Waals surface area contributed by atoms with E-state index in [4.69, 9.17) is 9.26 Å². The van der Waals surface area contributed by atoms with Gasteiger partial charge < -0.3 is 9.26 Å². The molecule has 0 saturated carbocycles. The maximum absolute atomic E-state index is 13.5. The van der Waals surface area contributed by atoms with Gasteiger partial charge in [-0.05, 0) is 42.7 Å². The van der Waals surface area contributed by atoms with Gasteiger partial charge in [-0.15, -0.1) is 0 Å². The van der Waals surface area contributed by atoms with E-state index in [0.29, 0.717) is 43.3 Å². The van der Waals surface area contributed by atoms with E-state index in [9.17, 15) is 8.78 Å². The van der Waals surface area contributed by atoms with Crippen molar-refractivity contribution >= 4 is 0 Å². The number of ether oxygens (including phenoxy) is 1. The molecule has 1 aliphatic rings. The fourth-order valence-corrected chi connectivity index (χ4v) is 3.28. The molecule has 1 fully saturated rings. The second kappa shape index (κ2) is 6.37. The van der Waals surface area contributed by atoms with Crippen LogP contribution in [0.5, 0.6) is 0 Å². The molecule has 4 nitrogen and oxygen atoms in total. The minimum Gasteiger partial charge on any atom is -0.381 e. The molecular weight excluding hydrogens is 326 g/mol. The number of hydrogen-bond donors (Lipinski definition) is 0. The standard InChI is InChI=1S/C19H16F2N2O2/c20-15-6-4-14(5-7-15)19(8-10-24-11-9-19)18-22-17(23-25-18)13-2-1-3-16(21)12-13/h1-7,12H,8-11H2. The van der Waals surface area contributed by atoms with Crippen molar-refractivity contribution in [2.45, 2.75) is 18.3 Å². The van der Waals surface area contributed by atoms with Crippen LogP contribution < -0.4 is 0 Å². The molecule has 0 spiro atoms. The molecule has 0 bridgehead atoms. The lowest BCUT2D eigenvalue weighted by Gasteiger charge is -2.34. The summed E-state index contributed by atoms with van der Waals surface area (Å²) in [6.07, 6.45) is 1.31. The van der Waals surface area contributed by atoms with Crippen LogP contribution in [0, 0.1) is 11.6 Å². The highest BCUT2D eigenvalue weighted by atomic mass is 19.1. The Balaban J connectivity index is 1.77. The number of aromatic nitrogens is 2. The van der Waals surface area contributed by atoms with Gasteiger partial charge >= 0.3 is 0 Å². The molecule has 0 radical (unpaired) electrons. The first kappa shape index (κ1) is 15.9. The molecule has 25 heavy (non-hydrogen) atoms. The van der Waals surface area contributed by atoms with E-state index >= 15 is 0 Å². The summed E-state index contributed by atoms with van der Waals surface area (Å²) in [4.78, 5) is 4.52. The van der Waals surface area contributed by atoms with Crippen molar-refractivity contribution in [3.05, 3.63) is 71.6 Å². The van der Waals surface area contributed by atoms with Gasteiger partial charge in [0.1, 0.15) is 11.6 Å². The summed E-state index contributed by atoms with van der Waals surface area (Å²) < 4.78 is 37.8. The fraction of sp³-hybridized carbons (Fsp3) is 0.263. The predicted molar refractivity (Wildman–Crippen MR) is 86.9 cm³/mol. The van der Waals surface area contributed by atoms with E-state index in [1.165, 1.54) is 24.3 Å². The van der Waals surface area contributed by atoms with Crippen LogP contribution in [0.15, 0.2) is 53.1 Å². The normalized spacial score (nSPS) is 16.7. The van der Waals surface area contributed by atoms with E-state index in [1.807, 2.05) is 0 Å². The average Bonchev–Trinajstić information content (AvgIpc) is 3.14. The fourth-order valence-electron chi connectivity index (χ4n) is 3.28. The zero-order chi connectivity index (χ0) is 17.3. The van der Waals surface area contributed by atoms with E-state index in [1.54, 1.807) is 24.3 Å². The van der Waals surface area contributed by atoms with Crippen molar-refractivity contribution in [3.8, 4) is 11.4 Å². The number of nitrogens with zero attached hydrogens (tertiary/aromatic N) is 2. The van der Waals surface area contributed by atoms with Crippen LogP contribution in [0.4, 0.5) is 8.78 Å². The summed E-state index contributed by atoms with van der Waals surface area (Å²) >= 11 is 0. The van der Waals surface area contributed by atoms with Crippen LogP contribution in [-0.2, 0) is 10.2 Å². The molecule has 0 amide bonds. The van der Waals surface area contributed by atoms with Crippen molar-refractivity contribution < 1.29 is 18.0 Å². The highest BCUT2D eigenvalue weighted by Gasteiger charge is 2.41. The Morgan fingerprint density at radius 3 is 2.40 bits per heavy atom. The molecule has 0 aliphatic carbocycles. The van der Waals surface area contributed by atoms with Crippen molar-refractivity contribution in [1.82, 2.24) is 10.1 Å². The summed E-state index contributed by atoms with van der Waals surface area (Å²) in [5.74, 6) is 0.129. The van der Waals surface area contributed by atoms with Gasteiger partial charge in [-0.2, -0.15) is 4.98 Å². The summed E-state index contributed by atoms with van der Waals surface area (Å²) in [5, 5.41) is 4.02. The Kier molecular flexibility index (Phi) is 4.05. The molecule has 0 atom stereocenters. The second-order valence-electron chi connectivity index (χ2n) is 6.13. The molecule has 1 aromatic heterocycles. The first-order valence-electron chi connectivity index (χ1n) is 8.11. The molecule has 128 valence electrons. The first-order chi connectivity index (χ1) is 12.2. The van der Waals surface area contributed by atoms with E-state index in [-0.39, 0.29) is 11.6 Å². The molecule has 4 rings (SSSR count). The largest absolute Gasteiger partial charge is 0.381 e. The van der Waals surface area contributed by atoms with Gasteiger partial charge in [0, 0.05) is 18.8 Å². The van der Waals surface area contributed by atoms with Crippen molar-refractivity contribution in [1.29, 1.82) is 0 Å². The molecule has 0 unspecified atom stereocenters. The minimum absolute atomic E-state index is 0.295. The quantitative estimate of drug-likeness (QED) is 0.719. The lowest BCUT2D eigenvalue weighted by molar-refractivity contribution is 0.0523. The summed E-state index contributed by atoms with van der Waals surface area (Å²) in [5.41, 5.74) is 0.938. The third-order valence-electron chi connectivity index (χ3n) is 4.66. The highest BCUT2D eigenvalue weighted by Crippen LogP contribution is 2.41. The average molecular weight is 342 g/mol. The van der Waals surface area contributed by atoms with E-state index in [2.05, 4.69) is 10.1 Å². The molecular formula is C19H16F2N2O2. The summed E-state index contributed by atoms with van der Waals surface area (Å²) in [6, 6.07) is 12.4. The van der Waals surface area contributed by atoms with Gasteiger partial charge in [-0.1, -0.05) is 29.4 Å². The smallest absolute Gasteiger partial charge is 0.237 e. The Bertz CT molecular complexity index is 871. The predicted octanol–water partition coefficient (Wildman–Crippen LogP) is 4.11. The first-order valence-corrected chi connectivity index (χ1v) is 8.11. The maximum Gasteiger partial charge on any atom is 0.237 e. The van der Waals surface area contributed by atoms with Gasteiger partial charge in [0.2, 0.25) is 11.7 Å².